The Morgan fingerprint density at radius 2 is 1.96 bits per heavy atom. The van der Waals surface area contributed by atoms with Crippen molar-refractivity contribution in [3.63, 3.8) is 0 Å². The molecule has 0 radical (unpaired) electrons. The minimum atomic E-state index is -0.393. The van der Waals surface area contributed by atoms with Gasteiger partial charge in [0.2, 0.25) is 11.8 Å². The number of urea groups is 1. The van der Waals surface area contributed by atoms with Crippen LogP contribution in [0.15, 0.2) is 54.7 Å². The lowest BCUT2D eigenvalue weighted by Crippen LogP contribution is -2.30. The highest BCUT2D eigenvalue weighted by Gasteiger charge is 2.28. The van der Waals surface area contributed by atoms with E-state index in [1.54, 1.807) is 18.2 Å². The van der Waals surface area contributed by atoms with Crippen LogP contribution in [-0.2, 0) is 29.6 Å². The lowest BCUT2D eigenvalue weighted by Gasteiger charge is -2.13. The average molecular weight is 376 g/mol. The number of hydrogen-bond acceptors (Lipinski definition) is 3. The Morgan fingerprint density at radius 1 is 1.14 bits per heavy atom. The number of aromatic nitrogens is 1. The molecule has 0 aliphatic carbocycles. The highest BCUT2D eigenvalue weighted by atomic mass is 16.2. The molecule has 0 spiro atoms. The third kappa shape index (κ3) is 3.46. The van der Waals surface area contributed by atoms with Gasteiger partial charge in [-0.1, -0.05) is 30.3 Å². The number of aryl methyl sites for hydroxylation is 1. The van der Waals surface area contributed by atoms with Crippen molar-refractivity contribution in [1.29, 1.82) is 0 Å². The Bertz CT molecular complexity index is 1070. The molecule has 4 amide bonds. The lowest BCUT2D eigenvalue weighted by atomic mass is 10.1. The number of nitrogens with one attached hydrogen (secondary N) is 2. The van der Waals surface area contributed by atoms with Gasteiger partial charge in [0.15, 0.2) is 0 Å². The van der Waals surface area contributed by atoms with Gasteiger partial charge in [0.05, 0.1) is 19.5 Å². The molecule has 2 aromatic carbocycles. The predicted octanol–water partition coefficient (Wildman–Crippen LogP) is 2.41. The van der Waals surface area contributed by atoms with Gasteiger partial charge in [-0.3, -0.25) is 14.5 Å². The molecule has 0 saturated carbocycles. The van der Waals surface area contributed by atoms with E-state index in [0.717, 1.165) is 26.9 Å². The van der Waals surface area contributed by atoms with E-state index in [9.17, 15) is 14.4 Å². The van der Waals surface area contributed by atoms with E-state index in [1.807, 2.05) is 48.1 Å². The average Bonchev–Trinajstić information content (AvgIpc) is 3.16. The number of imide groups is 1. The van der Waals surface area contributed by atoms with Crippen LogP contribution in [0.1, 0.15) is 11.1 Å². The monoisotopic (exact) mass is 376 g/mol. The second kappa shape index (κ2) is 7.19. The molecule has 3 aromatic rings. The Hall–Kier alpha value is -3.61. The molecule has 2 N–H and O–H groups in total. The van der Waals surface area contributed by atoms with Crippen LogP contribution in [0.25, 0.3) is 10.9 Å². The molecule has 1 aliphatic heterocycles. The Labute approximate surface area is 161 Å². The number of rotatable bonds is 5. The molecule has 2 heterocycles. The maximum atomic E-state index is 12.5. The van der Waals surface area contributed by atoms with Gasteiger partial charge < -0.3 is 15.2 Å². The van der Waals surface area contributed by atoms with Crippen molar-refractivity contribution < 1.29 is 14.4 Å². The smallest absolute Gasteiger partial charge is 0.324 e. The van der Waals surface area contributed by atoms with Crippen LogP contribution >= 0.6 is 0 Å². The fourth-order valence-electron chi connectivity index (χ4n) is 3.49. The van der Waals surface area contributed by atoms with Gasteiger partial charge >= 0.3 is 6.03 Å². The van der Waals surface area contributed by atoms with Crippen molar-refractivity contribution in [2.24, 2.45) is 7.05 Å². The van der Waals surface area contributed by atoms with E-state index < -0.39 is 6.03 Å². The van der Waals surface area contributed by atoms with Crippen molar-refractivity contribution >= 4 is 34.4 Å². The van der Waals surface area contributed by atoms with E-state index >= 15 is 0 Å². The Morgan fingerprint density at radius 3 is 2.75 bits per heavy atom. The molecule has 0 unspecified atom stereocenters. The van der Waals surface area contributed by atoms with E-state index in [0.29, 0.717) is 5.69 Å². The van der Waals surface area contributed by atoms with E-state index in [4.69, 9.17) is 0 Å². The number of hydrogen-bond donors (Lipinski definition) is 2. The zero-order valence-electron chi connectivity index (χ0n) is 15.4. The summed E-state index contributed by atoms with van der Waals surface area (Å²) in [5, 5.41) is 6.46. The molecule has 4 rings (SSSR count). The van der Waals surface area contributed by atoms with Crippen molar-refractivity contribution in [1.82, 2.24) is 14.8 Å². The molecule has 1 aliphatic rings. The van der Waals surface area contributed by atoms with Gasteiger partial charge in [-0.25, -0.2) is 4.79 Å². The molecule has 142 valence electrons. The molecule has 1 saturated heterocycles. The quantitative estimate of drug-likeness (QED) is 0.671. The van der Waals surface area contributed by atoms with Crippen molar-refractivity contribution in [3.05, 3.63) is 65.9 Å². The summed E-state index contributed by atoms with van der Waals surface area (Å²) in [6.07, 6.45) is 2.23. The molecular formula is C21H20N4O3. The predicted molar refractivity (Wildman–Crippen MR) is 106 cm³/mol. The van der Waals surface area contributed by atoms with Crippen LogP contribution in [0, 0.1) is 0 Å². The van der Waals surface area contributed by atoms with Crippen LogP contribution in [0.4, 0.5) is 10.5 Å². The Kier molecular flexibility index (Phi) is 4.57. The summed E-state index contributed by atoms with van der Waals surface area (Å²) in [6, 6.07) is 14.8. The fourth-order valence-corrected chi connectivity index (χ4v) is 3.49. The first-order chi connectivity index (χ1) is 13.5. The lowest BCUT2D eigenvalue weighted by molar-refractivity contribution is -0.125. The van der Waals surface area contributed by atoms with Gasteiger partial charge in [-0.2, -0.15) is 0 Å². The fraction of sp³-hybridized carbons (Fsp3) is 0.190. The second-order valence-electron chi connectivity index (χ2n) is 6.85. The molecule has 7 nitrogen and oxygen atoms in total. The first-order valence-electron chi connectivity index (χ1n) is 9.01. The normalized spacial score (nSPS) is 13.8. The summed E-state index contributed by atoms with van der Waals surface area (Å²) >= 11 is 0. The van der Waals surface area contributed by atoms with Gasteiger partial charge in [0.1, 0.15) is 0 Å². The van der Waals surface area contributed by atoms with Gasteiger partial charge in [-0.15, -0.1) is 0 Å². The summed E-state index contributed by atoms with van der Waals surface area (Å²) in [6.45, 7) is 0.206. The SMILES string of the molecule is Cn1cc(CC(=O)Nc2cccc(CN3C(=O)CNC3=O)c2)c2ccccc21. The van der Waals surface area contributed by atoms with E-state index in [-0.39, 0.29) is 31.3 Å². The summed E-state index contributed by atoms with van der Waals surface area (Å²) in [5.41, 5.74) is 3.45. The largest absolute Gasteiger partial charge is 0.350 e. The van der Waals surface area contributed by atoms with Crippen molar-refractivity contribution in [2.75, 3.05) is 11.9 Å². The zero-order chi connectivity index (χ0) is 19.7. The second-order valence-corrected chi connectivity index (χ2v) is 6.85. The third-order valence-corrected chi connectivity index (χ3v) is 4.82. The van der Waals surface area contributed by atoms with Crippen LogP contribution in [0.2, 0.25) is 0 Å². The summed E-state index contributed by atoms with van der Waals surface area (Å²) in [5.74, 6) is -0.376. The third-order valence-electron chi connectivity index (χ3n) is 4.82. The van der Waals surface area contributed by atoms with Crippen LogP contribution in [0.5, 0.6) is 0 Å². The minimum absolute atomic E-state index is 0.0281. The maximum absolute atomic E-state index is 12.5. The molecular weight excluding hydrogens is 356 g/mol. The van der Waals surface area contributed by atoms with Crippen molar-refractivity contribution in [3.8, 4) is 0 Å². The highest BCUT2D eigenvalue weighted by molar-refractivity contribution is 6.02. The number of anilines is 1. The summed E-state index contributed by atoms with van der Waals surface area (Å²) < 4.78 is 2.01. The van der Waals surface area contributed by atoms with Crippen LogP contribution in [-0.4, -0.2) is 33.9 Å². The summed E-state index contributed by atoms with van der Waals surface area (Å²) in [7, 11) is 1.96. The molecule has 1 aromatic heterocycles. The minimum Gasteiger partial charge on any atom is -0.350 e. The number of para-hydroxylation sites is 1. The van der Waals surface area contributed by atoms with Crippen molar-refractivity contribution in [2.45, 2.75) is 13.0 Å². The zero-order valence-corrected chi connectivity index (χ0v) is 15.4. The standard InChI is InChI=1S/C21H20N4O3/c1-24-13-15(17-7-2-3-8-18(17)24)10-19(26)23-16-6-4-5-14(9-16)12-25-20(27)11-22-21(25)28/h2-9,13H,10-12H2,1H3,(H,22,28)(H,23,26). The number of carbonyl (C=O) groups is 3. The van der Waals surface area contributed by atoms with Gasteiger partial charge in [-0.05, 0) is 29.3 Å². The number of amides is 4. The number of fused-ring (bicyclic) bond motifs is 1. The van der Waals surface area contributed by atoms with Gasteiger partial charge in [0, 0.05) is 29.8 Å². The number of nitrogens with zero attached hydrogens (tertiary/aromatic N) is 2. The van der Waals surface area contributed by atoms with Crippen LogP contribution < -0.4 is 10.6 Å². The van der Waals surface area contributed by atoms with E-state index in [1.165, 1.54) is 0 Å². The van der Waals surface area contributed by atoms with Crippen LogP contribution in [0.3, 0.4) is 0 Å². The molecule has 0 bridgehead atoms. The molecule has 7 heteroatoms. The maximum Gasteiger partial charge on any atom is 0.324 e. The molecule has 28 heavy (non-hydrogen) atoms. The molecule has 1 fully saturated rings. The van der Waals surface area contributed by atoms with E-state index in [2.05, 4.69) is 10.6 Å². The Balaban J connectivity index is 1.46. The van der Waals surface area contributed by atoms with Gasteiger partial charge in [0.25, 0.3) is 0 Å². The summed E-state index contributed by atoms with van der Waals surface area (Å²) in [4.78, 5) is 37.1. The topological polar surface area (TPSA) is 83.4 Å². The molecule has 0 atom stereocenters. The first kappa shape index (κ1) is 17.8. The number of benzene rings is 2. The first-order valence-corrected chi connectivity index (χ1v) is 9.01. The number of carbonyl (C=O) groups excluding carboxylic acids is 3. The highest BCUT2D eigenvalue weighted by Crippen LogP contribution is 2.21.